The lowest BCUT2D eigenvalue weighted by Crippen LogP contribution is -2.58. The fourth-order valence-corrected chi connectivity index (χ4v) is 4.19. The first-order valence-electron chi connectivity index (χ1n) is 12.8. The van der Waals surface area contributed by atoms with E-state index in [1.807, 2.05) is 60.7 Å². The molecule has 5 atom stereocenters. The van der Waals surface area contributed by atoms with Crippen molar-refractivity contribution >= 4 is 6.09 Å². The Balaban J connectivity index is 1.42. The molecule has 3 N–H and O–H groups in total. The average Bonchev–Trinajstić information content (AvgIpc) is 2.95. The highest BCUT2D eigenvalue weighted by Gasteiger charge is 2.44. The van der Waals surface area contributed by atoms with Crippen LogP contribution >= 0.6 is 0 Å². The number of benzene rings is 2. The topological polar surface area (TPSA) is 157 Å². The van der Waals surface area contributed by atoms with E-state index >= 15 is 0 Å². The van der Waals surface area contributed by atoms with Gasteiger partial charge in [0, 0.05) is 24.6 Å². The Morgan fingerprint density at radius 3 is 2.29 bits per heavy atom. The summed E-state index contributed by atoms with van der Waals surface area (Å²) in [4.78, 5) is 17.2. The molecule has 2 aromatic carbocycles. The smallest absolute Gasteiger partial charge is 0.410 e. The van der Waals surface area contributed by atoms with Crippen molar-refractivity contribution in [2.45, 2.75) is 69.5 Å². The summed E-state index contributed by atoms with van der Waals surface area (Å²) in [5, 5.41) is 33.0. The molecule has 0 spiro atoms. The van der Waals surface area contributed by atoms with Crippen molar-refractivity contribution in [2.24, 2.45) is 5.11 Å². The molecule has 1 fully saturated rings. The molecule has 1 amide bonds. The zero-order valence-electron chi connectivity index (χ0n) is 21.3. The molecule has 1 aliphatic heterocycles. The quantitative estimate of drug-likeness (QED) is 0.146. The highest BCUT2D eigenvalue weighted by Crippen LogP contribution is 2.25. The molecule has 1 saturated heterocycles. The molecule has 11 nitrogen and oxygen atoms in total. The Hall–Kier alpha value is -3.18. The molecule has 0 aromatic heterocycles. The molecule has 0 radical (unpaired) electrons. The van der Waals surface area contributed by atoms with Gasteiger partial charge in [-0.3, -0.25) is 0 Å². The van der Waals surface area contributed by atoms with Crippen LogP contribution in [0, 0.1) is 0 Å². The number of hydrogen-bond donors (Lipinski definition) is 3. The minimum Gasteiger partial charge on any atom is -0.445 e. The van der Waals surface area contributed by atoms with Gasteiger partial charge in [0.05, 0.1) is 12.7 Å². The summed E-state index contributed by atoms with van der Waals surface area (Å²) < 4.78 is 16.7. The number of amides is 1. The van der Waals surface area contributed by atoms with Crippen LogP contribution < -0.4 is 0 Å². The summed E-state index contributed by atoms with van der Waals surface area (Å²) in [7, 11) is 0. The van der Waals surface area contributed by atoms with Gasteiger partial charge in [0.1, 0.15) is 24.9 Å². The predicted octanol–water partition coefficient (Wildman–Crippen LogP) is 3.52. The van der Waals surface area contributed by atoms with Gasteiger partial charge in [0.15, 0.2) is 6.29 Å². The van der Waals surface area contributed by atoms with Gasteiger partial charge in [-0.2, -0.15) is 0 Å². The Morgan fingerprint density at radius 2 is 1.63 bits per heavy atom. The summed E-state index contributed by atoms with van der Waals surface area (Å²) in [6, 6.07) is 18.2. The summed E-state index contributed by atoms with van der Waals surface area (Å²) in [6.45, 7) is 0.976. The molecule has 0 saturated carbocycles. The maximum atomic E-state index is 12.8. The van der Waals surface area contributed by atoms with Crippen LogP contribution in [0.3, 0.4) is 0 Å². The van der Waals surface area contributed by atoms with Gasteiger partial charge in [0.2, 0.25) is 0 Å². The first-order valence-corrected chi connectivity index (χ1v) is 12.8. The molecule has 11 heteroatoms. The Morgan fingerprint density at radius 1 is 0.974 bits per heavy atom. The van der Waals surface area contributed by atoms with Crippen LogP contribution in [0.5, 0.6) is 0 Å². The highest BCUT2D eigenvalue weighted by molar-refractivity contribution is 5.67. The maximum absolute atomic E-state index is 12.8. The predicted molar refractivity (Wildman–Crippen MR) is 139 cm³/mol. The zero-order chi connectivity index (χ0) is 27.2. The largest absolute Gasteiger partial charge is 0.445 e. The average molecular weight is 529 g/mol. The fourth-order valence-electron chi connectivity index (χ4n) is 4.19. The standard InChI is InChI=1S/C27H36N4O7/c28-30-29-23-25(34)24(33)22(18-32)38-26(23)36-16-10-2-1-9-15-31(17-20-11-5-3-6-12-20)27(35)37-19-21-13-7-4-8-14-21/h3-8,11-14,22-26,32-34H,1-2,9-10,15-19H2/t22?,23-,24-,25?,26+/m0/s1. The Labute approximate surface area is 222 Å². The number of azide groups is 1. The minimum absolute atomic E-state index is 0.214. The maximum Gasteiger partial charge on any atom is 0.410 e. The molecule has 0 aliphatic carbocycles. The minimum atomic E-state index is -1.40. The number of carbonyl (C=O) groups is 1. The monoisotopic (exact) mass is 528 g/mol. The molecular formula is C27H36N4O7. The first kappa shape index (κ1) is 29.4. The number of nitrogens with zero attached hydrogens (tertiary/aromatic N) is 4. The van der Waals surface area contributed by atoms with Crippen molar-refractivity contribution in [1.82, 2.24) is 4.90 Å². The normalized spacial score (nSPS) is 22.9. The molecule has 0 bridgehead atoms. The second kappa shape index (κ2) is 15.9. The third kappa shape index (κ3) is 8.98. The van der Waals surface area contributed by atoms with Gasteiger partial charge >= 0.3 is 6.09 Å². The Kier molecular flexibility index (Phi) is 12.3. The zero-order valence-corrected chi connectivity index (χ0v) is 21.3. The van der Waals surface area contributed by atoms with Crippen molar-refractivity contribution < 1.29 is 34.3 Å². The number of rotatable bonds is 14. The lowest BCUT2D eigenvalue weighted by atomic mass is 9.98. The van der Waals surface area contributed by atoms with E-state index in [1.54, 1.807) is 4.90 Å². The van der Waals surface area contributed by atoms with Crippen LogP contribution in [0.25, 0.3) is 10.4 Å². The van der Waals surface area contributed by atoms with Crippen LogP contribution in [0.2, 0.25) is 0 Å². The first-order chi connectivity index (χ1) is 18.5. The van der Waals surface area contributed by atoms with E-state index in [-0.39, 0.29) is 19.3 Å². The summed E-state index contributed by atoms with van der Waals surface area (Å²) in [5.74, 6) is 0. The second-order valence-corrected chi connectivity index (χ2v) is 9.13. The third-order valence-electron chi connectivity index (χ3n) is 6.32. The van der Waals surface area contributed by atoms with Gasteiger partial charge in [-0.1, -0.05) is 78.6 Å². The second-order valence-electron chi connectivity index (χ2n) is 9.13. The summed E-state index contributed by atoms with van der Waals surface area (Å²) >= 11 is 0. The van der Waals surface area contributed by atoms with Crippen molar-refractivity contribution in [3.8, 4) is 0 Å². The van der Waals surface area contributed by atoms with E-state index in [2.05, 4.69) is 10.0 Å². The third-order valence-corrected chi connectivity index (χ3v) is 6.32. The van der Waals surface area contributed by atoms with Crippen molar-refractivity contribution in [3.63, 3.8) is 0 Å². The SMILES string of the molecule is [N-]=[N+]=N[C@H]1C(O)[C@@H](O)C(CO)O[C@H]1OCCCCCCN(Cc1ccccc1)C(=O)OCc1ccccc1. The van der Waals surface area contributed by atoms with E-state index in [4.69, 9.17) is 19.7 Å². The molecule has 2 aromatic rings. The Bertz CT molecular complexity index is 1010. The molecule has 38 heavy (non-hydrogen) atoms. The number of aliphatic hydroxyl groups excluding tert-OH is 3. The van der Waals surface area contributed by atoms with E-state index in [9.17, 15) is 20.1 Å². The van der Waals surface area contributed by atoms with Crippen molar-refractivity contribution in [2.75, 3.05) is 19.8 Å². The van der Waals surface area contributed by atoms with Crippen LogP contribution in [0.15, 0.2) is 65.8 Å². The number of hydrogen-bond acceptors (Lipinski definition) is 8. The molecular weight excluding hydrogens is 492 g/mol. The molecule has 2 unspecified atom stereocenters. The van der Waals surface area contributed by atoms with Crippen LogP contribution in [0.1, 0.15) is 36.8 Å². The summed E-state index contributed by atoms with van der Waals surface area (Å²) in [5.41, 5.74) is 10.7. The number of aliphatic hydroxyl groups is 3. The van der Waals surface area contributed by atoms with E-state index in [0.29, 0.717) is 19.5 Å². The number of ether oxygens (including phenoxy) is 3. The van der Waals surface area contributed by atoms with Crippen molar-refractivity contribution in [3.05, 3.63) is 82.2 Å². The molecule has 1 heterocycles. The molecule has 3 rings (SSSR count). The van der Waals surface area contributed by atoms with E-state index in [1.165, 1.54) is 0 Å². The van der Waals surface area contributed by atoms with Crippen LogP contribution in [-0.4, -0.2) is 76.7 Å². The summed E-state index contributed by atoms with van der Waals surface area (Å²) in [6.07, 6.45) is -2.15. The van der Waals surface area contributed by atoms with Gasteiger partial charge in [-0.25, -0.2) is 4.79 Å². The highest BCUT2D eigenvalue weighted by atomic mass is 16.7. The van der Waals surface area contributed by atoms with Gasteiger partial charge in [0.25, 0.3) is 0 Å². The van der Waals surface area contributed by atoms with E-state index < -0.39 is 37.3 Å². The van der Waals surface area contributed by atoms with E-state index in [0.717, 1.165) is 30.4 Å². The lowest BCUT2D eigenvalue weighted by Gasteiger charge is -2.40. The van der Waals surface area contributed by atoms with Crippen LogP contribution in [-0.2, 0) is 27.4 Å². The van der Waals surface area contributed by atoms with Crippen molar-refractivity contribution in [1.29, 1.82) is 0 Å². The van der Waals surface area contributed by atoms with Crippen LogP contribution in [0.4, 0.5) is 4.79 Å². The number of unbranched alkanes of at least 4 members (excludes halogenated alkanes) is 3. The van der Waals surface area contributed by atoms with Gasteiger partial charge < -0.3 is 34.4 Å². The lowest BCUT2D eigenvalue weighted by molar-refractivity contribution is -0.265. The molecule has 1 aliphatic rings. The van der Waals surface area contributed by atoms with Gasteiger partial charge in [-0.15, -0.1) is 0 Å². The number of carbonyl (C=O) groups excluding carboxylic acids is 1. The van der Waals surface area contributed by atoms with Gasteiger partial charge in [-0.05, 0) is 29.5 Å². The molecule has 206 valence electrons. The fraction of sp³-hybridized carbons (Fsp3) is 0.519.